The van der Waals surface area contributed by atoms with Crippen molar-refractivity contribution >= 4 is 10.9 Å². The second-order valence-corrected chi connectivity index (χ2v) is 3.60. The van der Waals surface area contributed by atoms with Crippen molar-refractivity contribution in [2.24, 2.45) is 0 Å². The first kappa shape index (κ1) is 9.79. The summed E-state index contributed by atoms with van der Waals surface area (Å²) in [7, 11) is 0. The summed E-state index contributed by atoms with van der Waals surface area (Å²) in [4.78, 5) is 0. The van der Waals surface area contributed by atoms with Crippen LogP contribution in [-0.4, -0.2) is 4.57 Å². The van der Waals surface area contributed by atoms with Crippen molar-refractivity contribution in [3.63, 3.8) is 0 Å². The Morgan fingerprint density at radius 2 is 2.13 bits per heavy atom. The number of unbranched alkanes of at least 4 members (excludes halogenated alkanes) is 2. The van der Waals surface area contributed by atoms with E-state index in [0.717, 1.165) is 24.8 Å². The second-order valence-electron chi connectivity index (χ2n) is 3.60. The smallest absolute Gasteiger partial charge is 0.0621 e. The van der Waals surface area contributed by atoms with Crippen LogP contribution in [0, 0.1) is 17.4 Å². The van der Waals surface area contributed by atoms with Gasteiger partial charge in [0, 0.05) is 36.1 Å². The van der Waals surface area contributed by atoms with E-state index in [2.05, 4.69) is 28.8 Å². The maximum atomic E-state index is 8.43. The van der Waals surface area contributed by atoms with Gasteiger partial charge in [-0.25, -0.2) is 0 Å². The summed E-state index contributed by atoms with van der Waals surface area (Å²) in [6, 6.07) is 13.6. The van der Waals surface area contributed by atoms with Gasteiger partial charge in [0.25, 0.3) is 0 Å². The zero-order chi connectivity index (χ0) is 10.5. The summed E-state index contributed by atoms with van der Waals surface area (Å²) in [6.45, 7) is 0.978. The molecule has 0 bridgehead atoms. The predicted octanol–water partition coefficient (Wildman–Crippen LogP) is 3.14. The van der Waals surface area contributed by atoms with Crippen LogP contribution < -0.4 is 0 Å². The number of aromatic nitrogens is 1. The average molecular weight is 197 g/mol. The van der Waals surface area contributed by atoms with Gasteiger partial charge in [0.2, 0.25) is 0 Å². The molecule has 0 amide bonds. The van der Waals surface area contributed by atoms with Crippen LogP contribution in [-0.2, 0) is 6.54 Å². The summed E-state index contributed by atoms with van der Waals surface area (Å²) in [5.41, 5.74) is 1.23. The minimum absolute atomic E-state index is 0.656. The molecule has 0 saturated carbocycles. The molecular weight excluding hydrogens is 184 g/mol. The fourth-order valence-electron chi connectivity index (χ4n) is 1.73. The molecule has 1 heterocycles. The van der Waals surface area contributed by atoms with Gasteiger partial charge in [-0.15, -0.1) is 0 Å². The minimum Gasteiger partial charge on any atom is -0.347 e. The Balaban J connectivity index is 2.05. The first-order valence-electron chi connectivity index (χ1n) is 5.24. The highest BCUT2D eigenvalue weighted by Crippen LogP contribution is 2.15. The third kappa shape index (κ3) is 2.19. The van der Waals surface area contributed by atoms with Crippen LogP contribution in [0.4, 0.5) is 0 Å². The number of benzene rings is 1. The summed E-state index contributed by atoms with van der Waals surface area (Å²) >= 11 is 0. The summed E-state index contributed by atoms with van der Waals surface area (Å²) in [5, 5.41) is 9.60. The van der Waals surface area contributed by atoms with Gasteiger partial charge in [-0.05, 0) is 18.9 Å². The highest BCUT2D eigenvalue weighted by atomic mass is 14.9. The fourth-order valence-corrected chi connectivity index (χ4v) is 1.73. The summed E-state index contributed by atoms with van der Waals surface area (Å²) in [6.07, 6.45) is 4.68. The molecule has 0 atom stereocenters. The highest BCUT2D eigenvalue weighted by Gasteiger charge is 1.99. The molecule has 1 aromatic carbocycles. The lowest BCUT2D eigenvalue weighted by molar-refractivity contribution is 0.632. The van der Waals surface area contributed by atoms with Crippen molar-refractivity contribution in [3.8, 4) is 6.07 Å². The van der Waals surface area contributed by atoms with Crippen molar-refractivity contribution in [2.45, 2.75) is 25.8 Å². The summed E-state index contributed by atoms with van der Waals surface area (Å²) < 4.78 is 2.20. The molecule has 1 aromatic heterocycles. The summed E-state index contributed by atoms with van der Waals surface area (Å²) in [5.74, 6) is 0. The maximum Gasteiger partial charge on any atom is 0.0621 e. The second kappa shape index (κ2) is 4.65. The third-order valence-corrected chi connectivity index (χ3v) is 2.53. The Morgan fingerprint density at radius 3 is 3.00 bits per heavy atom. The SMILES string of the molecule is N#CCCCCn1c[c]c2ccccc21. The van der Waals surface area contributed by atoms with Crippen LogP contribution in [0.2, 0.25) is 0 Å². The van der Waals surface area contributed by atoms with E-state index >= 15 is 0 Å². The van der Waals surface area contributed by atoms with Crippen molar-refractivity contribution in [3.05, 3.63) is 36.5 Å². The van der Waals surface area contributed by atoms with Crippen LogP contribution in [0.3, 0.4) is 0 Å². The van der Waals surface area contributed by atoms with Crippen LogP contribution in [0.25, 0.3) is 10.9 Å². The quantitative estimate of drug-likeness (QED) is 0.692. The molecule has 2 nitrogen and oxygen atoms in total. The van der Waals surface area contributed by atoms with Gasteiger partial charge >= 0.3 is 0 Å². The molecule has 75 valence electrons. The first-order valence-corrected chi connectivity index (χ1v) is 5.24. The molecule has 15 heavy (non-hydrogen) atoms. The van der Waals surface area contributed by atoms with Gasteiger partial charge < -0.3 is 4.57 Å². The van der Waals surface area contributed by atoms with Crippen molar-refractivity contribution in [1.29, 1.82) is 5.26 Å². The standard InChI is InChI=1S/C13H13N2/c14-9-4-1-5-10-15-11-8-12-6-2-3-7-13(12)15/h2-3,6-7,11H,1,4-5,10H2. The molecule has 0 aliphatic carbocycles. The van der Waals surface area contributed by atoms with E-state index in [4.69, 9.17) is 5.26 Å². The number of fused-ring (bicyclic) bond motifs is 1. The molecule has 0 unspecified atom stereocenters. The largest absolute Gasteiger partial charge is 0.347 e. The molecule has 2 aromatic rings. The van der Waals surface area contributed by atoms with Gasteiger partial charge in [0.1, 0.15) is 0 Å². The average Bonchev–Trinajstić information content (AvgIpc) is 2.68. The van der Waals surface area contributed by atoms with Gasteiger partial charge in [0.15, 0.2) is 0 Å². The topological polar surface area (TPSA) is 28.7 Å². The number of nitrogens with zero attached hydrogens (tertiary/aromatic N) is 2. The van der Waals surface area contributed by atoms with E-state index in [0.29, 0.717) is 6.42 Å². The van der Waals surface area contributed by atoms with Crippen molar-refractivity contribution in [1.82, 2.24) is 4.57 Å². The lowest BCUT2D eigenvalue weighted by atomic mass is 10.2. The van der Waals surface area contributed by atoms with E-state index in [9.17, 15) is 0 Å². The number of hydrogen-bond donors (Lipinski definition) is 0. The molecule has 0 saturated heterocycles. The normalized spacial score (nSPS) is 10.3. The van der Waals surface area contributed by atoms with E-state index in [1.807, 2.05) is 18.3 Å². The van der Waals surface area contributed by atoms with E-state index in [1.54, 1.807) is 0 Å². The number of aryl methyl sites for hydroxylation is 1. The lowest BCUT2D eigenvalue weighted by Gasteiger charge is -2.03. The Hall–Kier alpha value is -1.75. The van der Waals surface area contributed by atoms with Crippen LogP contribution in [0.5, 0.6) is 0 Å². The van der Waals surface area contributed by atoms with Crippen LogP contribution in [0.15, 0.2) is 30.5 Å². The molecule has 0 aliphatic rings. The molecule has 2 heteroatoms. The molecule has 0 fully saturated rings. The molecular formula is C13H13N2. The Kier molecular flexibility index (Phi) is 3.04. The van der Waals surface area contributed by atoms with Crippen LogP contribution >= 0.6 is 0 Å². The Labute approximate surface area is 89.7 Å². The molecule has 0 N–H and O–H groups in total. The molecule has 0 spiro atoms. The third-order valence-electron chi connectivity index (χ3n) is 2.53. The lowest BCUT2D eigenvalue weighted by Crippen LogP contribution is -1.95. The maximum absolute atomic E-state index is 8.43. The fraction of sp³-hybridized carbons (Fsp3) is 0.308. The monoisotopic (exact) mass is 197 g/mol. The van der Waals surface area contributed by atoms with E-state index in [-0.39, 0.29) is 0 Å². The van der Waals surface area contributed by atoms with Gasteiger partial charge in [0.05, 0.1) is 6.07 Å². The van der Waals surface area contributed by atoms with Gasteiger partial charge in [-0.1, -0.05) is 18.2 Å². The molecule has 0 aliphatic heterocycles. The number of nitriles is 1. The van der Waals surface area contributed by atoms with E-state index < -0.39 is 0 Å². The molecule has 1 radical (unpaired) electrons. The first-order chi connectivity index (χ1) is 7.42. The van der Waals surface area contributed by atoms with Crippen molar-refractivity contribution in [2.75, 3.05) is 0 Å². The van der Waals surface area contributed by atoms with Crippen LogP contribution in [0.1, 0.15) is 19.3 Å². The number of para-hydroxylation sites is 1. The van der Waals surface area contributed by atoms with Gasteiger partial charge in [-0.3, -0.25) is 0 Å². The zero-order valence-corrected chi connectivity index (χ0v) is 8.61. The minimum atomic E-state index is 0.656. The molecule has 2 rings (SSSR count). The van der Waals surface area contributed by atoms with E-state index in [1.165, 1.54) is 5.52 Å². The number of rotatable bonds is 4. The van der Waals surface area contributed by atoms with Gasteiger partial charge in [-0.2, -0.15) is 5.26 Å². The predicted molar refractivity (Wildman–Crippen MR) is 60.2 cm³/mol. The number of hydrogen-bond acceptors (Lipinski definition) is 1. The highest BCUT2D eigenvalue weighted by molar-refractivity contribution is 5.79. The Bertz CT molecular complexity index is 476. The van der Waals surface area contributed by atoms with Crippen molar-refractivity contribution < 1.29 is 0 Å². The Morgan fingerprint density at radius 1 is 1.27 bits per heavy atom. The zero-order valence-electron chi connectivity index (χ0n) is 8.61.